The van der Waals surface area contributed by atoms with Gasteiger partial charge in [-0.15, -0.1) is 50.9 Å². The summed E-state index contributed by atoms with van der Waals surface area (Å²) in [5, 5.41) is 0.891. The number of halogens is 4. The van der Waals surface area contributed by atoms with Gasteiger partial charge in [0.05, 0.1) is 0 Å². The average molecular weight is 429 g/mol. The smallest absolute Gasteiger partial charge is 0.0308 e. The van der Waals surface area contributed by atoms with Crippen LogP contribution in [-0.4, -0.2) is 4.98 Å². The highest BCUT2D eigenvalue weighted by molar-refractivity contribution is 9.08. The molecule has 1 nitrogen and oxygen atoms in total. The molecule has 1 aromatic heterocycles. The highest BCUT2D eigenvalue weighted by Crippen LogP contribution is 2.04. The van der Waals surface area contributed by atoms with Gasteiger partial charge in [0, 0.05) is 17.7 Å². The van der Waals surface area contributed by atoms with Crippen molar-refractivity contribution in [3.8, 4) is 0 Å². The summed E-state index contributed by atoms with van der Waals surface area (Å²) in [6.45, 7) is 2.04. The lowest BCUT2D eigenvalue weighted by Crippen LogP contribution is -1.81. The standard InChI is InChI=1S/C7H8BrN.3BrH/c1-6-2-7(3-8)5-9-4-6;;;/h2,4-5H,3H2,1H3;3*1H. The van der Waals surface area contributed by atoms with Crippen molar-refractivity contribution in [1.29, 1.82) is 0 Å². The first-order valence-corrected chi connectivity index (χ1v) is 3.91. The highest BCUT2D eigenvalue weighted by Gasteiger charge is 1.88. The topological polar surface area (TPSA) is 12.9 Å². The summed E-state index contributed by atoms with van der Waals surface area (Å²) in [5.74, 6) is 0. The molecule has 0 aliphatic rings. The highest BCUT2D eigenvalue weighted by atomic mass is 79.9. The van der Waals surface area contributed by atoms with Crippen LogP contribution < -0.4 is 0 Å². The predicted octanol–water partition coefficient (Wildman–Crippen LogP) is 4.02. The van der Waals surface area contributed by atoms with Crippen molar-refractivity contribution in [2.45, 2.75) is 12.3 Å². The van der Waals surface area contributed by atoms with Gasteiger partial charge in [-0.25, -0.2) is 0 Å². The molecule has 0 unspecified atom stereocenters. The largest absolute Gasteiger partial charge is 0.264 e. The van der Waals surface area contributed by atoms with E-state index in [2.05, 4.69) is 27.0 Å². The number of hydrogen-bond acceptors (Lipinski definition) is 1. The van der Waals surface area contributed by atoms with Gasteiger partial charge in [0.2, 0.25) is 0 Å². The van der Waals surface area contributed by atoms with Crippen LogP contribution in [0.2, 0.25) is 0 Å². The molecular weight excluding hydrogens is 418 g/mol. The van der Waals surface area contributed by atoms with Crippen molar-refractivity contribution in [2.24, 2.45) is 0 Å². The first kappa shape index (κ1) is 18.8. The van der Waals surface area contributed by atoms with Gasteiger partial charge in [0.1, 0.15) is 0 Å². The van der Waals surface area contributed by atoms with Crippen molar-refractivity contribution in [2.75, 3.05) is 0 Å². The summed E-state index contributed by atoms with van der Waals surface area (Å²) in [5.41, 5.74) is 2.45. The first-order valence-electron chi connectivity index (χ1n) is 2.79. The molecule has 1 aromatic rings. The Morgan fingerprint density at radius 2 is 1.83 bits per heavy atom. The first-order chi connectivity index (χ1) is 4.33. The number of rotatable bonds is 1. The van der Waals surface area contributed by atoms with Crippen molar-refractivity contribution >= 4 is 66.9 Å². The molecule has 12 heavy (non-hydrogen) atoms. The Kier molecular flexibility index (Phi) is 15.9. The number of hydrogen-bond donors (Lipinski definition) is 0. The molecule has 0 fully saturated rings. The fourth-order valence-corrected chi connectivity index (χ4v) is 0.997. The second-order valence-corrected chi connectivity index (χ2v) is 2.56. The summed E-state index contributed by atoms with van der Waals surface area (Å²) in [7, 11) is 0. The van der Waals surface area contributed by atoms with E-state index in [1.165, 1.54) is 11.1 Å². The molecule has 5 heteroatoms. The molecule has 0 N–H and O–H groups in total. The lowest BCUT2D eigenvalue weighted by Gasteiger charge is -1.93. The average Bonchev–Trinajstić information content (AvgIpc) is 1.88. The SMILES string of the molecule is Br.Br.Br.Cc1cncc(CBr)c1. The lowest BCUT2D eigenvalue weighted by molar-refractivity contribution is 1.21. The van der Waals surface area contributed by atoms with Crippen molar-refractivity contribution in [3.05, 3.63) is 29.6 Å². The third kappa shape index (κ3) is 6.57. The number of alkyl halides is 1. The van der Waals surface area contributed by atoms with E-state index in [0.717, 1.165) is 5.33 Å². The zero-order valence-electron chi connectivity index (χ0n) is 6.49. The van der Waals surface area contributed by atoms with Crippen molar-refractivity contribution in [1.82, 2.24) is 4.98 Å². The van der Waals surface area contributed by atoms with Gasteiger partial charge in [-0.3, -0.25) is 4.98 Å². The molecular formula is C7H11Br4N. The van der Waals surface area contributed by atoms with E-state index in [-0.39, 0.29) is 50.9 Å². The summed E-state index contributed by atoms with van der Waals surface area (Å²) < 4.78 is 0. The molecule has 0 spiro atoms. The molecule has 0 atom stereocenters. The fourth-order valence-electron chi connectivity index (χ4n) is 0.691. The Morgan fingerprint density at radius 1 is 1.25 bits per heavy atom. The van der Waals surface area contributed by atoms with E-state index in [1.807, 2.05) is 19.3 Å². The third-order valence-electron chi connectivity index (χ3n) is 1.09. The quantitative estimate of drug-likeness (QED) is 0.616. The van der Waals surface area contributed by atoms with Crippen LogP contribution in [0.5, 0.6) is 0 Å². The normalized spacial score (nSPS) is 7.17. The van der Waals surface area contributed by atoms with Crippen LogP contribution in [0.25, 0.3) is 0 Å². The Balaban J connectivity index is -0.000000270. The molecule has 0 aromatic carbocycles. The minimum Gasteiger partial charge on any atom is -0.264 e. The monoisotopic (exact) mass is 425 g/mol. The summed E-state index contributed by atoms with van der Waals surface area (Å²) in [6.07, 6.45) is 3.72. The maximum absolute atomic E-state index is 4.03. The van der Waals surface area contributed by atoms with Crippen LogP contribution in [0.1, 0.15) is 11.1 Å². The summed E-state index contributed by atoms with van der Waals surface area (Å²) in [6, 6.07) is 2.11. The van der Waals surface area contributed by atoms with E-state index in [0.29, 0.717) is 0 Å². The number of pyridine rings is 1. The Labute approximate surface area is 113 Å². The predicted molar refractivity (Wildman–Crippen MR) is 72.6 cm³/mol. The lowest BCUT2D eigenvalue weighted by atomic mass is 10.2. The van der Waals surface area contributed by atoms with Gasteiger partial charge in [-0.2, -0.15) is 0 Å². The molecule has 0 amide bonds. The van der Waals surface area contributed by atoms with Gasteiger partial charge in [0.15, 0.2) is 0 Å². The summed E-state index contributed by atoms with van der Waals surface area (Å²) in [4.78, 5) is 4.03. The molecule has 1 heterocycles. The van der Waals surface area contributed by atoms with E-state index in [1.54, 1.807) is 0 Å². The molecule has 0 aliphatic heterocycles. The second-order valence-electron chi connectivity index (χ2n) is 2.00. The minimum atomic E-state index is 0. The van der Waals surface area contributed by atoms with E-state index < -0.39 is 0 Å². The van der Waals surface area contributed by atoms with Crippen LogP contribution in [0.3, 0.4) is 0 Å². The van der Waals surface area contributed by atoms with Gasteiger partial charge in [0.25, 0.3) is 0 Å². The zero-order chi connectivity index (χ0) is 6.69. The van der Waals surface area contributed by atoms with Gasteiger partial charge in [-0.1, -0.05) is 22.0 Å². The molecule has 0 aliphatic carbocycles. The van der Waals surface area contributed by atoms with Gasteiger partial charge >= 0.3 is 0 Å². The van der Waals surface area contributed by atoms with E-state index in [4.69, 9.17) is 0 Å². The molecule has 72 valence electrons. The zero-order valence-corrected chi connectivity index (χ0v) is 13.2. The number of nitrogens with zero attached hydrogens (tertiary/aromatic N) is 1. The number of aromatic nitrogens is 1. The van der Waals surface area contributed by atoms with Crippen LogP contribution in [-0.2, 0) is 5.33 Å². The molecule has 0 radical (unpaired) electrons. The maximum Gasteiger partial charge on any atom is 0.0308 e. The van der Waals surface area contributed by atoms with Crippen molar-refractivity contribution in [3.63, 3.8) is 0 Å². The van der Waals surface area contributed by atoms with E-state index in [9.17, 15) is 0 Å². The van der Waals surface area contributed by atoms with Gasteiger partial charge in [-0.05, 0) is 18.1 Å². The maximum atomic E-state index is 4.03. The van der Waals surface area contributed by atoms with Gasteiger partial charge < -0.3 is 0 Å². The molecule has 0 saturated heterocycles. The molecule has 0 saturated carbocycles. The van der Waals surface area contributed by atoms with Crippen LogP contribution in [0, 0.1) is 6.92 Å². The van der Waals surface area contributed by atoms with Crippen LogP contribution in [0.15, 0.2) is 18.5 Å². The second kappa shape index (κ2) is 10.2. The fraction of sp³-hybridized carbons (Fsp3) is 0.286. The Morgan fingerprint density at radius 3 is 2.17 bits per heavy atom. The minimum absolute atomic E-state index is 0. The van der Waals surface area contributed by atoms with Crippen LogP contribution >= 0.6 is 66.9 Å². The third-order valence-corrected chi connectivity index (χ3v) is 1.73. The molecule has 1 rings (SSSR count). The summed E-state index contributed by atoms with van der Waals surface area (Å²) >= 11 is 3.35. The van der Waals surface area contributed by atoms with E-state index >= 15 is 0 Å². The van der Waals surface area contributed by atoms with Crippen LogP contribution in [0.4, 0.5) is 0 Å². The Hall–Kier alpha value is 1.07. The Bertz CT molecular complexity index is 204. The molecule has 0 bridgehead atoms. The number of aryl methyl sites for hydroxylation is 1. The van der Waals surface area contributed by atoms with Crippen molar-refractivity contribution < 1.29 is 0 Å².